The minimum absolute atomic E-state index is 0.237. The minimum atomic E-state index is -1.63. The first-order chi connectivity index (χ1) is 11.2. The lowest BCUT2D eigenvalue weighted by molar-refractivity contribution is -0.119. The van der Waals surface area contributed by atoms with Crippen molar-refractivity contribution in [1.29, 1.82) is 0 Å². The topological polar surface area (TPSA) is 112 Å². The number of amides is 2. The number of carbonyl (C=O) groups is 2. The molecule has 0 spiro atoms. The van der Waals surface area contributed by atoms with Gasteiger partial charge in [-0.3, -0.25) is 4.79 Å². The van der Waals surface area contributed by atoms with Gasteiger partial charge < -0.3 is 25.0 Å². The van der Waals surface area contributed by atoms with Crippen molar-refractivity contribution in [2.24, 2.45) is 5.92 Å². The molecule has 2 heterocycles. The molecular weight excluding hydrogens is 313 g/mol. The highest BCUT2D eigenvalue weighted by molar-refractivity contribution is 6.58. The van der Waals surface area contributed by atoms with Gasteiger partial charge in [-0.05, 0) is 44.8 Å². The second-order valence-corrected chi connectivity index (χ2v) is 6.75. The summed E-state index contributed by atoms with van der Waals surface area (Å²) in [5, 5.41) is 20.9. The van der Waals surface area contributed by atoms with E-state index in [1.807, 2.05) is 0 Å². The van der Waals surface area contributed by atoms with Crippen molar-refractivity contribution in [3.63, 3.8) is 0 Å². The molecule has 8 nitrogen and oxygen atoms in total. The summed E-state index contributed by atoms with van der Waals surface area (Å²) in [5.41, 5.74) is -0.338. The van der Waals surface area contributed by atoms with Crippen LogP contribution in [0.1, 0.15) is 27.2 Å². The second kappa shape index (κ2) is 7.19. The van der Waals surface area contributed by atoms with Crippen LogP contribution in [-0.4, -0.2) is 57.7 Å². The maximum absolute atomic E-state index is 12.3. The van der Waals surface area contributed by atoms with Crippen molar-refractivity contribution in [2.45, 2.75) is 32.8 Å². The van der Waals surface area contributed by atoms with Crippen LogP contribution in [0.5, 0.6) is 0 Å². The average molecular weight is 335 g/mol. The molecule has 1 saturated heterocycles. The van der Waals surface area contributed by atoms with Crippen molar-refractivity contribution >= 4 is 30.4 Å². The number of aromatic nitrogens is 1. The Kier molecular flexibility index (Phi) is 5.45. The molecule has 1 atom stereocenters. The van der Waals surface area contributed by atoms with E-state index in [1.165, 1.54) is 23.2 Å². The molecule has 1 fully saturated rings. The quantitative estimate of drug-likeness (QED) is 0.668. The highest BCUT2D eigenvalue weighted by Gasteiger charge is 2.33. The number of nitrogens with one attached hydrogen (secondary N) is 1. The maximum Gasteiger partial charge on any atom is 0.488 e. The van der Waals surface area contributed by atoms with E-state index in [1.54, 1.807) is 20.8 Å². The molecule has 1 aromatic rings. The zero-order valence-corrected chi connectivity index (χ0v) is 14.0. The fourth-order valence-electron chi connectivity index (χ4n) is 2.37. The van der Waals surface area contributed by atoms with Crippen LogP contribution >= 0.6 is 0 Å². The standard InChI is InChI=1S/C15H22BN3O5/c1-15(2,3)24-14(21)19-7-5-10(9-19)13(20)18-12-8-11(16(22)23)4-6-17-12/h4,6,8,10,22-23H,5,7,9H2,1-3H3,(H,17,18,20)/t10-/m0/s1. The van der Waals surface area contributed by atoms with Crippen molar-refractivity contribution in [1.82, 2.24) is 9.88 Å². The van der Waals surface area contributed by atoms with Gasteiger partial charge in [-0.15, -0.1) is 0 Å². The molecule has 1 aliphatic heterocycles. The first-order valence-corrected chi connectivity index (χ1v) is 7.76. The number of ether oxygens (including phenoxy) is 1. The number of likely N-dealkylation sites (tertiary alicyclic amines) is 1. The number of hydrogen-bond donors (Lipinski definition) is 3. The van der Waals surface area contributed by atoms with Crippen molar-refractivity contribution in [2.75, 3.05) is 18.4 Å². The van der Waals surface area contributed by atoms with Crippen LogP contribution in [0, 0.1) is 5.92 Å². The van der Waals surface area contributed by atoms with Crippen LogP contribution in [0.25, 0.3) is 0 Å². The Morgan fingerprint density at radius 3 is 2.75 bits per heavy atom. The molecule has 0 aliphatic carbocycles. The molecular formula is C15H22BN3O5. The van der Waals surface area contributed by atoms with Gasteiger partial charge in [-0.2, -0.15) is 0 Å². The lowest BCUT2D eigenvalue weighted by Gasteiger charge is -2.24. The molecule has 0 radical (unpaired) electrons. The van der Waals surface area contributed by atoms with Crippen LogP contribution in [0.2, 0.25) is 0 Å². The summed E-state index contributed by atoms with van der Waals surface area (Å²) in [6.45, 7) is 6.11. The second-order valence-electron chi connectivity index (χ2n) is 6.75. The Morgan fingerprint density at radius 2 is 2.12 bits per heavy atom. The van der Waals surface area contributed by atoms with Crippen molar-refractivity contribution in [3.8, 4) is 0 Å². The third-order valence-corrected chi connectivity index (χ3v) is 3.54. The molecule has 2 amide bonds. The monoisotopic (exact) mass is 335 g/mol. The predicted molar refractivity (Wildman–Crippen MR) is 88.6 cm³/mol. The Labute approximate surface area is 141 Å². The van der Waals surface area contributed by atoms with Gasteiger partial charge in [0.2, 0.25) is 5.91 Å². The molecule has 1 aliphatic rings. The van der Waals surface area contributed by atoms with E-state index in [0.717, 1.165) is 0 Å². The Hall–Kier alpha value is -2.13. The molecule has 130 valence electrons. The molecule has 3 N–H and O–H groups in total. The Bertz CT molecular complexity index is 617. The third kappa shape index (κ3) is 4.94. The number of pyridine rings is 1. The first-order valence-electron chi connectivity index (χ1n) is 7.76. The van der Waals surface area contributed by atoms with E-state index in [4.69, 9.17) is 14.8 Å². The lowest BCUT2D eigenvalue weighted by Crippen LogP contribution is -2.36. The van der Waals surface area contributed by atoms with Crippen LogP contribution in [0.4, 0.5) is 10.6 Å². The number of carbonyl (C=O) groups excluding carboxylic acids is 2. The number of anilines is 1. The Morgan fingerprint density at radius 1 is 1.42 bits per heavy atom. The molecule has 2 rings (SSSR count). The Balaban J connectivity index is 1.93. The van der Waals surface area contributed by atoms with Gasteiger partial charge in [-0.1, -0.05) is 0 Å². The average Bonchev–Trinajstić information content (AvgIpc) is 2.95. The van der Waals surface area contributed by atoms with E-state index in [-0.39, 0.29) is 29.7 Å². The van der Waals surface area contributed by atoms with E-state index >= 15 is 0 Å². The van der Waals surface area contributed by atoms with Gasteiger partial charge in [0.15, 0.2) is 0 Å². The molecule has 24 heavy (non-hydrogen) atoms. The van der Waals surface area contributed by atoms with Gasteiger partial charge in [0.25, 0.3) is 0 Å². The van der Waals surface area contributed by atoms with Gasteiger partial charge >= 0.3 is 13.2 Å². The van der Waals surface area contributed by atoms with Crippen LogP contribution in [0.15, 0.2) is 18.3 Å². The number of rotatable bonds is 3. The first kappa shape index (κ1) is 18.2. The summed E-state index contributed by atoms with van der Waals surface area (Å²) in [6, 6.07) is 2.84. The zero-order chi connectivity index (χ0) is 17.9. The molecule has 0 saturated carbocycles. The smallest absolute Gasteiger partial charge is 0.444 e. The van der Waals surface area contributed by atoms with E-state index in [2.05, 4.69) is 10.3 Å². The molecule has 0 aromatic carbocycles. The van der Waals surface area contributed by atoms with Crippen molar-refractivity contribution in [3.05, 3.63) is 18.3 Å². The van der Waals surface area contributed by atoms with Gasteiger partial charge in [0.1, 0.15) is 11.4 Å². The van der Waals surface area contributed by atoms with Gasteiger partial charge in [0.05, 0.1) is 5.92 Å². The fraction of sp³-hybridized carbons (Fsp3) is 0.533. The van der Waals surface area contributed by atoms with Gasteiger partial charge in [-0.25, -0.2) is 9.78 Å². The highest BCUT2D eigenvalue weighted by atomic mass is 16.6. The van der Waals surface area contributed by atoms with Gasteiger partial charge in [0, 0.05) is 19.3 Å². The molecule has 0 unspecified atom stereocenters. The third-order valence-electron chi connectivity index (χ3n) is 3.54. The van der Waals surface area contributed by atoms with E-state index in [0.29, 0.717) is 13.0 Å². The molecule has 1 aromatic heterocycles. The SMILES string of the molecule is CC(C)(C)OC(=O)N1CC[C@H](C(=O)Nc2cc(B(O)O)ccn2)C1. The van der Waals surface area contributed by atoms with Crippen LogP contribution in [0.3, 0.4) is 0 Å². The van der Waals surface area contributed by atoms with Crippen molar-refractivity contribution < 1.29 is 24.4 Å². The lowest BCUT2D eigenvalue weighted by atomic mass is 9.81. The number of hydrogen-bond acceptors (Lipinski definition) is 6. The molecule has 0 bridgehead atoms. The highest BCUT2D eigenvalue weighted by Crippen LogP contribution is 2.20. The predicted octanol–water partition coefficient (Wildman–Crippen LogP) is -0.0431. The summed E-state index contributed by atoms with van der Waals surface area (Å²) in [5.74, 6) is -0.388. The summed E-state index contributed by atoms with van der Waals surface area (Å²) in [4.78, 5) is 29.8. The van der Waals surface area contributed by atoms with E-state index in [9.17, 15) is 9.59 Å². The molecule has 9 heteroatoms. The number of nitrogens with zero attached hydrogens (tertiary/aromatic N) is 2. The van der Waals surface area contributed by atoms with E-state index < -0.39 is 18.8 Å². The normalized spacial score (nSPS) is 17.5. The summed E-state index contributed by atoms with van der Waals surface area (Å²) in [6.07, 6.45) is 1.49. The minimum Gasteiger partial charge on any atom is -0.444 e. The van der Waals surface area contributed by atoms with Crippen LogP contribution in [-0.2, 0) is 9.53 Å². The largest absolute Gasteiger partial charge is 0.488 e. The maximum atomic E-state index is 12.3. The zero-order valence-electron chi connectivity index (χ0n) is 14.0. The summed E-state index contributed by atoms with van der Waals surface area (Å²) in [7, 11) is -1.63. The summed E-state index contributed by atoms with van der Waals surface area (Å²) < 4.78 is 5.30. The van der Waals surface area contributed by atoms with Crippen LogP contribution < -0.4 is 10.8 Å². The fourth-order valence-corrected chi connectivity index (χ4v) is 2.37. The summed E-state index contributed by atoms with van der Waals surface area (Å²) >= 11 is 0.